The number of rotatable bonds is 0. The summed E-state index contributed by atoms with van der Waals surface area (Å²) < 4.78 is 1.59. The minimum atomic E-state index is -1.17. The Labute approximate surface area is 88.8 Å². The number of hydrogen-bond acceptors (Lipinski definition) is 5. The van der Waals surface area contributed by atoms with E-state index in [9.17, 15) is 9.90 Å². The van der Waals surface area contributed by atoms with Gasteiger partial charge in [0.05, 0.1) is 6.42 Å². The van der Waals surface area contributed by atoms with Crippen LogP contribution in [0.1, 0.15) is 6.42 Å². The first kappa shape index (κ1) is 8.93. The SMILES string of the molecule is N=c1cc2n3c(n1)SCC3(O)CC(=O)N2. The highest BCUT2D eigenvalue weighted by Gasteiger charge is 2.43. The van der Waals surface area contributed by atoms with Crippen molar-refractivity contribution in [3.63, 3.8) is 0 Å². The van der Waals surface area contributed by atoms with Crippen molar-refractivity contribution in [2.45, 2.75) is 17.3 Å². The molecule has 6 nitrogen and oxygen atoms in total. The van der Waals surface area contributed by atoms with E-state index in [0.29, 0.717) is 16.7 Å². The minimum Gasteiger partial charge on any atom is -0.369 e. The normalized spacial score (nSPS) is 27.4. The van der Waals surface area contributed by atoms with Crippen molar-refractivity contribution in [2.24, 2.45) is 0 Å². The Hall–Kier alpha value is -1.34. The number of aromatic nitrogens is 2. The van der Waals surface area contributed by atoms with Gasteiger partial charge in [-0.25, -0.2) is 4.98 Å². The fraction of sp³-hybridized carbons (Fsp3) is 0.375. The third-order valence-electron chi connectivity index (χ3n) is 2.48. The summed E-state index contributed by atoms with van der Waals surface area (Å²) in [6, 6.07) is 1.44. The zero-order chi connectivity index (χ0) is 10.6. The first-order valence-electron chi connectivity index (χ1n) is 4.43. The van der Waals surface area contributed by atoms with E-state index in [4.69, 9.17) is 5.41 Å². The molecule has 0 spiro atoms. The van der Waals surface area contributed by atoms with Crippen LogP contribution >= 0.6 is 11.8 Å². The molecule has 0 bridgehead atoms. The molecule has 1 unspecified atom stereocenters. The van der Waals surface area contributed by atoms with Crippen LogP contribution in [-0.2, 0) is 10.5 Å². The first-order valence-corrected chi connectivity index (χ1v) is 5.41. The van der Waals surface area contributed by atoms with Gasteiger partial charge in [0.1, 0.15) is 5.82 Å². The summed E-state index contributed by atoms with van der Waals surface area (Å²) in [5, 5.41) is 20.9. The van der Waals surface area contributed by atoms with E-state index in [1.807, 2.05) is 0 Å². The average Bonchev–Trinajstić information content (AvgIpc) is 2.42. The van der Waals surface area contributed by atoms with Crippen LogP contribution in [0.4, 0.5) is 5.82 Å². The number of hydrogen-bond donors (Lipinski definition) is 3. The molecule has 78 valence electrons. The van der Waals surface area contributed by atoms with Crippen molar-refractivity contribution in [3.8, 4) is 0 Å². The lowest BCUT2D eigenvalue weighted by Gasteiger charge is -2.31. The second-order valence-corrected chi connectivity index (χ2v) is 4.58. The van der Waals surface area contributed by atoms with E-state index in [-0.39, 0.29) is 17.8 Å². The Morgan fingerprint density at radius 3 is 3.33 bits per heavy atom. The Morgan fingerprint density at radius 2 is 2.53 bits per heavy atom. The number of thioether (sulfide) groups is 1. The lowest BCUT2D eigenvalue weighted by molar-refractivity contribution is -0.126. The van der Waals surface area contributed by atoms with E-state index in [1.54, 1.807) is 4.57 Å². The van der Waals surface area contributed by atoms with Gasteiger partial charge >= 0.3 is 0 Å². The van der Waals surface area contributed by atoms with Crippen LogP contribution in [0.2, 0.25) is 0 Å². The maximum atomic E-state index is 11.4. The number of aliphatic hydroxyl groups is 1. The van der Waals surface area contributed by atoms with Gasteiger partial charge in [0.15, 0.2) is 16.4 Å². The van der Waals surface area contributed by atoms with Crippen molar-refractivity contribution >= 4 is 23.5 Å². The number of nitrogens with one attached hydrogen (secondary N) is 2. The van der Waals surface area contributed by atoms with E-state index < -0.39 is 5.72 Å². The van der Waals surface area contributed by atoms with Crippen LogP contribution in [0.3, 0.4) is 0 Å². The largest absolute Gasteiger partial charge is 0.369 e. The van der Waals surface area contributed by atoms with E-state index in [1.165, 1.54) is 17.8 Å². The second kappa shape index (κ2) is 2.61. The zero-order valence-corrected chi connectivity index (χ0v) is 8.47. The van der Waals surface area contributed by atoms with Crippen molar-refractivity contribution in [2.75, 3.05) is 11.1 Å². The van der Waals surface area contributed by atoms with Gasteiger partial charge < -0.3 is 10.4 Å². The van der Waals surface area contributed by atoms with Gasteiger partial charge in [-0.2, -0.15) is 0 Å². The van der Waals surface area contributed by atoms with Gasteiger partial charge in [0.2, 0.25) is 5.91 Å². The van der Waals surface area contributed by atoms with Gasteiger partial charge in [-0.1, -0.05) is 11.8 Å². The highest BCUT2D eigenvalue weighted by Crippen LogP contribution is 2.41. The Kier molecular flexibility index (Phi) is 1.56. The molecule has 3 heterocycles. The summed E-state index contributed by atoms with van der Waals surface area (Å²) in [5.41, 5.74) is -1.08. The Morgan fingerprint density at radius 1 is 1.73 bits per heavy atom. The van der Waals surface area contributed by atoms with Gasteiger partial charge in [-0.15, -0.1) is 0 Å². The van der Waals surface area contributed by atoms with Gasteiger partial charge in [-0.3, -0.25) is 14.8 Å². The molecule has 1 aromatic rings. The van der Waals surface area contributed by atoms with E-state index >= 15 is 0 Å². The lowest BCUT2D eigenvalue weighted by atomic mass is 10.1. The summed E-state index contributed by atoms with van der Waals surface area (Å²) >= 11 is 1.36. The predicted molar refractivity (Wildman–Crippen MR) is 52.2 cm³/mol. The molecule has 0 saturated heterocycles. The number of carbonyl (C=O) groups is 1. The van der Waals surface area contributed by atoms with Crippen LogP contribution in [0.15, 0.2) is 11.2 Å². The molecule has 2 aliphatic heterocycles. The van der Waals surface area contributed by atoms with Crippen LogP contribution < -0.4 is 10.8 Å². The average molecular weight is 224 g/mol. The quantitative estimate of drug-likeness (QED) is 0.516. The van der Waals surface area contributed by atoms with Crippen molar-refractivity contribution < 1.29 is 9.90 Å². The highest BCUT2D eigenvalue weighted by molar-refractivity contribution is 7.99. The molecule has 2 aliphatic rings. The molecule has 7 heteroatoms. The zero-order valence-electron chi connectivity index (χ0n) is 7.65. The third kappa shape index (κ3) is 1.13. The second-order valence-electron chi connectivity index (χ2n) is 3.64. The molecule has 0 aromatic carbocycles. The van der Waals surface area contributed by atoms with Crippen LogP contribution in [-0.4, -0.2) is 26.3 Å². The van der Waals surface area contributed by atoms with Crippen LogP contribution in [0.25, 0.3) is 0 Å². The minimum absolute atomic E-state index is 0.0453. The molecule has 0 saturated carbocycles. The Bertz CT molecular complexity index is 526. The molecule has 15 heavy (non-hydrogen) atoms. The van der Waals surface area contributed by atoms with Crippen LogP contribution in [0, 0.1) is 5.41 Å². The van der Waals surface area contributed by atoms with Crippen LogP contribution in [0.5, 0.6) is 0 Å². The monoisotopic (exact) mass is 224 g/mol. The maximum Gasteiger partial charge on any atom is 0.230 e. The maximum absolute atomic E-state index is 11.4. The summed E-state index contributed by atoms with van der Waals surface area (Å²) in [4.78, 5) is 15.4. The molecule has 0 fully saturated rings. The Balaban J connectivity index is 2.33. The fourth-order valence-corrected chi connectivity index (χ4v) is 3.04. The van der Waals surface area contributed by atoms with Gasteiger partial charge in [-0.05, 0) is 0 Å². The van der Waals surface area contributed by atoms with Crippen molar-refractivity contribution in [1.29, 1.82) is 5.41 Å². The molecule has 1 amide bonds. The number of amides is 1. The molecular weight excluding hydrogens is 216 g/mol. The van der Waals surface area contributed by atoms with E-state index in [0.717, 1.165) is 0 Å². The highest BCUT2D eigenvalue weighted by atomic mass is 32.2. The summed E-state index contributed by atoms with van der Waals surface area (Å²) in [6.07, 6.45) is 0.0453. The molecule has 1 atom stereocenters. The van der Waals surface area contributed by atoms with E-state index in [2.05, 4.69) is 10.3 Å². The smallest absolute Gasteiger partial charge is 0.230 e. The molecule has 3 N–H and O–H groups in total. The number of nitrogens with zero attached hydrogens (tertiary/aromatic N) is 2. The number of anilines is 1. The first-order chi connectivity index (χ1) is 7.08. The molecule has 1 aromatic heterocycles. The van der Waals surface area contributed by atoms with Crippen molar-refractivity contribution in [3.05, 3.63) is 11.6 Å². The van der Waals surface area contributed by atoms with Crippen molar-refractivity contribution in [1.82, 2.24) is 9.55 Å². The topological polar surface area (TPSA) is 91.0 Å². The third-order valence-corrected chi connectivity index (χ3v) is 3.62. The molecular formula is C8H8N4O2S. The molecule has 3 rings (SSSR count). The molecule has 0 aliphatic carbocycles. The van der Waals surface area contributed by atoms with Gasteiger partial charge in [0.25, 0.3) is 0 Å². The van der Waals surface area contributed by atoms with Gasteiger partial charge in [0, 0.05) is 11.8 Å². The summed E-state index contributed by atoms with van der Waals surface area (Å²) in [6.45, 7) is 0. The predicted octanol–water partition coefficient (Wildman–Crippen LogP) is -0.544. The summed E-state index contributed by atoms with van der Waals surface area (Å²) in [7, 11) is 0. The number of carbonyl (C=O) groups excluding carboxylic acids is 1. The molecule has 0 radical (unpaired) electrons. The fourth-order valence-electron chi connectivity index (χ4n) is 1.89. The lowest BCUT2D eigenvalue weighted by Crippen LogP contribution is -2.43. The standard InChI is InChI=1S/C8H8N4O2S/c9-4-1-5-11-6(13)2-8(14)3-15-7(10-4)12(5)8/h1,9,14H,2-3H2,(H,11,13). The summed E-state index contributed by atoms with van der Waals surface area (Å²) in [5.74, 6) is 0.634.